The minimum Gasteiger partial charge on any atom is -0.300 e. The van der Waals surface area contributed by atoms with E-state index >= 15 is 0 Å². The van der Waals surface area contributed by atoms with Crippen LogP contribution in [0.25, 0.3) is 0 Å². The summed E-state index contributed by atoms with van der Waals surface area (Å²) in [6.45, 7) is 7.05. The van der Waals surface area contributed by atoms with E-state index in [0.29, 0.717) is 13.0 Å². The van der Waals surface area contributed by atoms with Gasteiger partial charge >= 0.3 is 0 Å². The molecular formula is C11H22FN. The molecule has 0 amide bonds. The highest BCUT2D eigenvalue weighted by atomic mass is 19.1. The van der Waals surface area contributed by atoms with Crippen LogP contribution >= 0.6 is 0 Å². The topological polar surface area (TPSA) is 3.24 Å². The van der Waals surface area contributed by atoms with Crippen LogP contribution in [-0.2, 0) is 0 Å². The maximum atomic E-state index is 13.1. The summed E-state index contributed by atoms with van der Waals surface area (Å²) in [7, 11) is 0. The van der Waals surface area contributed by atoms with Crippen LogP contribution in [0.1, 0.15) is 39.5 Å². The Morgan fingerprint density at radius 1 is 1.46 bits per heavy atom. The molecule has 1 aliphatic heterocycles. The Bertz CT molecular complexity index is 138. The van der Waals surface area contributed by atoms with E-state index in [1.165, 1.54) is 19.3 Å². The summed E-state index contributed by atoms with van der Waals surface area (Å²) in [4.78, 5) is 2.30. The average molecular weight is 187 g/mol. The minimum atomic E-state index is -0.620. The van der Waals surface area contributed by atoms with Gasteiger partial charge in [0.15, 0.2) is 0 Å². The van der Waals surface area contributed by atoms with E-state index in [0.717, 1.165) is 19.0 Å². The summed E-state index contributed by atoms with van der Waals surface area (Å²) in [6.07, 6.45) is 3.93. The van der Waals surface area contributed by atoms with Gasteiger partial charge < -0.3 is 4.90 Å². The number of nitrogens with zero attached hydrogens (tertiary/aromatic N) is 1. The molecule has 0 aliphatic carbocycles. The average Bonchev–Trinajstić information content (AvgIpc) is 2.30. The fourth-order valence-corrected chi connectivity index (χ4v) is 2.03. The van der Waals surface area contributed by atoms with Gasteiger partial charge in [-0.05, 0) is 31.7 Å². The van der Waals surface area contributed by atoms with Crippen molar-refractivity contribution in [3.8, 4) is 0 Å². The first kappa shape index (κ1) is 11.0. The fourth-order valence-electron chi connectivity index (χ4n) is 2.03. The van der Waals surface area contributed by atoms with Crippen LogP contribution in [0.2, 0.25) is 0 Å². The molecular weight excluding hydrogens is 165 g/mol. The zero-order valence-electron chi connectivity index (χ0n) is 8.93. The molecule has 1 aliphatic rings. The van der Waals surface area contributed by atoms with E-state index in [1.54, 1.807) is 0 Å². The molecule has 0 aromatic carbocycles. The zero-order chi connectivity index (χ0) is 9.68. The first-order chi connectivity index (χ1) is 6.22. The van der Waals surface area contributed by atoms with Crippen LogP contribution in [0.3, 0.4) is 0 Å². The number of hydrogen-bond acceptors (Lipinski definition) is 1. The number of likely N-dealkylation sites (tertiary alicyclic amines) is 1. The van der Waals surface area contributed by atoms with E-state index in [-0.39, 0.29) is 0 Å². The molecule has 0 N–H and O–H groups in total. The summed E-state index contributed by atoms with van der Waals surface area (Å²) < 4.78 is 13.1. The van der Waals surface area contributed by atoms with E-state index in [1.807, 2.05) is 6.92 Å². The molecule has 0 spiro atoms. The van der Waals surface area contributed by atoms with Crippen molar-refractivity contribution in [2.45, 2.75) is 45.7 Å². The van der Waals surface area contributed by atoms with Gasteiger partial charge in [-0.25, -0.2) is 4.39 Å². The molecule has 1 fully saturated rings. The van der Waals surface area contributed by atoms with Crippen LogP contribution in [0.5, 0.6) is 0 Å². The van der Waals surface area contributed by atoms with Crippen LogP contribution in [0, 0.1) is 5.92 Å². The summed E-state index contributed by atoms with van der Waals surface area (Å²) in [5.74, 6) is 0.756. The van der Waals surface area contributed by atoms with Crippen molar-refractivity contribution in [2.75, 3.05) is 19.6 Å². The normalized spacial score (nSPS) is 28.4. The van der Waals surface area contributed by atoms with Crippen molar-refractivity contribution >= 4 is 0 Å². The first-order valence-corrected chi connectivity index (χ1v) is 5.58. The first-order valence-electron chi connectivity index (χ1n) is 5.58. The van der Waals surface area contributed by atoms with E-state index in [2.05, 4.69) is 11.8 Å². The highest BCUT2D eigenvalue weighted by Gasteiger charge is 2.17. The van der Waals surface area contributed by atoms with Crippen LogP contribution in [-0.4, -0.2) is 30.7 Å². The minimum absolute atomic E-state index is 0.620. The lowest BCUT2D eigenvalue weighted by Crippen LogP contribution is -2.33. The molecule has 13 heavy (non-hydrogen) atoms. The Kier molecular flexibility index (Phi) is 4.71. The largest absolute Gasteiger partial charge is 0.300 e. The van der Waals surface area contributed by atoms with Gasteiger partial charge in [-0.3, -0.25) is 0 Å². The third kappa shape index (κ3) is 4.08. The molecule has 2 heteroatoms. The summed E-state index contributed by atoms with van der Waals surface area (Å²) in [5, 5.41) is 0. The Morgan fingerprint density at radius 2 is 2.23 bits per heavy atom. The van der Waals surface area contributed by atoms with Crippen LogP contribution in [0.4, 0.5) is 4.39 Å². The number of hydrogen-bond donors (Lipinski definition) is 0. The predicted molar refractivity (Wildman–Crippen MR) is 54.6 cm³/mol. The molecule has 0 aromatic rings. The predicted octanol–water partition coefficient (Wildman–Crippen LogP) is 2.86. The molecule has 1 saturated heterocycles. The smallest absolute Gasteiger partial charge is 0.112 e. The molecule has 78 valence electrons. The Labute approximate surface area is 81.3 Å². The lowest BCUT2D eigenvalue weighted by molar-refractivity contribution is 0.179. The Morgan fingerprint density at radius 3 is 2.92 bits per heavy atom. The quantitative estimate of drug-likeness (QED) is 0.656. The molecule has 1 heterocycles. The SMILES string of the molecule is CCC(F)CN1CCCCC(C)C1. The maximum Gasteiger partial charge on any atom is 0.112 e. The van der Waals surface area contributed by atoms with Gasteiger partial charge in [0.25, 0.3) is 0 Å². The van der Waals surface area contributed by atoms with Gasteiger partial charge in [0, 0.05) is 13.1 Å². The summed E-state index contributed by atoms with van der Waals surface area (Å²) in [5.41, 5.74) is 0. The lowest BCUT2D eigenvalue weighted by Gasteiger charge is -2.23. The van der Waals surface area contributed by atoms with E-state index in [4.69, 9.17) is 0 Å². The lowest BCUT2D eigenvalue weighted by atomic mass is 10.1. The third-order valence-corrected chi connectivity index (χ3v) is 2.89. The van der Waals surface area contributed by atoms with Crippen molar-refractivity contribution in [1.82, 2.24) is 4.90 Å². The van der Waals surface area contributed by atoms with Gasteiger partial charge in [-0.15, -0.1) is 0 Å². The van der Waals surface area contributed by atoms with Crippen LogP contribution < -0.4 is 0 Å². The molecule has 2 unspecified atom stereocenters. The third-order valence-electron chi connectivity index (χ3n) is 2.89. The Balaban J connectivity index is 2.30. The molecule has 1 rings (SSSR count). The zero-order valence-corrected chi connectivity index (χ0v) is 8.93. The molecule has 0 aromatic heterocycles. The number of halogens is 1. The number of rotatable bonds is 3. The van der Waals surface area contributed by atoms with Crippen molar-refractivity contribution < 1.29 is 4.39 Å². The van der Waals surface area contributed by atoms with Gasteiger partial charge in [-0.1, -0.05) is 20.3 Å². The summed E-state index contributed by atoms with van der Waals surface area (Å²) in [6, 6.07) is 0. The van der Waals surface area contributed by atoms with Gasteiger partial charge in [0.1, 0.15) is 6.17 Å². The van der Waals surface area contributed by atoms with Crippen molar-refractivity contribution in [3.63, 3.8) is 0 Å². The van der Waals surface area contributed by atoms with Crippen molar-refractivity contribution in [2.24, 2.45) is 5.92 Å². The fraction of sp³-hybridized carbons (Fsp3) is 1.00. The molecule has 1 nitrogen and oxygen atoms in total. The second kappa shape index (κ2) is 5.58. The second-order valence-electron chi connectivity index (χ2n) is 4.37. The highest BCUT2D eigenvalue weighted by Crippen LogP contribution is 2.16. The van der Waals surface area contributed by atoms with Crippen LogP contribution in [0.15, 0.2) is 0 Å². The highest BCUT2D eigenvalue weighted by molar-refractivity contribution is 4.70. The molecule has 0 radical (unpaired) electrons. The van der Waals surface area contributed by atoms with Crippen molar-refractivity contribution in [3.05, 3.63) is 0 Å². The summed E-state index contributed by atoms with van der Waals surface area (Å²) >= 11 is 0. The monoisotopic (exact) mass is 187 g/mol. The van der Waals surface area contributed by atoms with Gasteiger partial charge in [-0.2, -0.15) is 0 Å². The number of alkyl halides is 1. The molecule has 0 bridgehead atoms. The van der Waals surface area contributed by atoms with E-state index < -0.39 is 6.17 Å². The maximum absolute atomic E-state index is 13.1. The standard InChI is InChI=1S/C11H22FN/c1-3-11(12)9-13-7-5-4-6-10(2)8-13/h10-11H,3-9H2,1-2H3. The Hall–Kier alpha value is -0.110. The van der Waals surface area contributed by atoms with Crippen molar-refractivity contribution in [1.29, 1.82) is 0 Å². The van der Waals surface area contributed by atoms with Gasteiger partial charge in [0.05, 0.1) is 0 Å². The van der Waals surface area contributed by atoms with E-state index in [9.17, 15) is 4.39 Å². The van der Waals surface area contributed by atoms with Gasteiger partial charge in [0.2, 0.25) is 0 Å². The molecule has 2 atom stereocenters. The molecule has 0 saturated carbocycles. The second-order valence-corrected chi connectivity index (χ2v) is 4.37.